The molecule has 0 unspecified atom stereocenters. The molecular weight excluding hydrogens is 210 g/mol. The Morgan fingerprint density at radius 1 is 1.82 bits per heavy atom. The molecule has 0 saturated heterocycles. The van der Waals surface area contributed by atoms with E-state index < -0.39 is 0 Å². The van der Waals surface area contributed by atoms with Gasteiger partial charge in [0.1, 0.15) is 4.60 Å². The minimum absolute atomic E-state index is 0.159. The van der Waals surface area contributed by atoms with Crippen LogP contribution in [0.25, 0.3) is 0 Å². The molecule has 0 bridgehead atoms. The van der Waals surface area contributed by atoms with Gasteiger partial charge in [0.15, 0.2) is 0 Å². The molecule has 62 valence electrons. The van der Waals surface area contributed by atoms with E-state index in [4.69, 9.17) is 5.11 Å². The molecule has 0 aromatic carbocycles. The number of aliphatic hydroxyl groups excluding tert-OH is 1. The quantitative estimate of drug-likeness (QED) is 0.826. The third-order valence-electron chi connectivity index (χ3n) is 1.42. The van der Waals surface area contributed by atoms with Gasteiger partial charge >= 0.3 is 0 Å². The van der Waals surface area contributed by atoms with Crippen molar-refractivity contribution in [2.75, 3.05) is 6.61 Å². The molecule has 5 heteroatoms. The van der Waals surface area contributed by atoms with Gasteiger partial charge in [-0.25, -0.2) is 0 Å². The molecule has 0 aliphatic heterocycles. The van der Waals surface area contributed by atoms with Gasteiger partial charge in [-0.1, -0.05) is 0 Å². The third kappa shape index (κ3) is 2.27. The second-order valence-electron chi connectivity index (χ2n) is 2.35. The molecule has 0 saturated carbocycles. The Morgan fingerprint density at radius 2 is 2.55 bits per heavy atom. The van der Waals surface area contributed by atoms with Crippen LogP contribution >= 0.6 is 15.9 Å². The first-order valence-corrected chi connectivity index (χ1v) is 4.21. The highest BCUT2D eigenvalue weighted by Gasteiger charge is 2.05. The van der Waals surface area contributed by atoms with Crippen LogP contribution in [-0.4, -0.2) is 26.7 Å². The van der Waals surface area contributed by atoms with Crippen LogP contribution in [0.4, 0.5) is 0 Å². The molecule has 0 aliphatic rings. The van der Waals surface area contributed by atoms with Crippen LogP contribution < -0.4 is 0 Å². The number of hydrogen-bond donors (Lipinski definition) is 1. The van der Waals surface area contributed by atoms with Crippen LogP contribution in [0.5, 0.6) is 0 Å². The number of aliphatic hydroxyl groups is 1. The van der Waals surface area contributed by atoms with E-state index in [9.17, 15) is 0 Å². The summed E-state index contributed by atoms with van der Waals surface area (Å²) in [5.41, 5.74) is 0. The summed E-state index contributed by atoms with van der Waals surface area (Å²) < 4.78 is 0.724. The van der Waals surface area contributed by atoms with Crippen molar-refractivity contribution in [1.82, 2.24) is 15.0 Å². The number of aromatic nitrogens is 3. The first-order chi connectivity index (χ1) is 5.24. The summed E-state index contributed by atoms with van der Waals surface area (Å²) in [5.74, 6) is 0. The lowest BCUT2D eigenvalue weighted by atomic mass is 10.3. The summed E-state index contributed by atoms with van der Waals surface area (Å²) >= 11 is 3.19. The summed E-state index contributed by atoms with van der Waals surface area (Å²) in [6.07, 6.45) is 2.31. The Labute approximate surface area is 73.3 Å². The maximum atomic E-state index is 8.62. The average molecular weight is 220 g/mol. The van der Waals surface area contributed by atoms with Crippen LogP contribution in [0.1, 0.15) is 19.4 Å². The molecule has 11 heavy (non-hydrogen) atoms. The van der Waals surface area contributed by atoms with Crippen molar-refractivity contribution in [2.45, 2.75) is 19.4 Å². The molecule has 1 atom stereocenters. The highest BCUT2D eigenvalue weighted by atomic mass is 79.9. The predicted molar refractivity (Wildman–Crippen MR) is 44.1 cm³/mol. The Kier molecular flexibility index (Phi) is 3.02. The second-order valence-corrected chi connectivity index (χ2v) is 3.16. The lowest BCUT2D eigenvalue weighted by molar-refractivity contribution is 0.250. The molecule has 0 aliphatic carbocycles. The lowest BCUT2D eigenvalue weighted by Gasteiger charge is -2.06. The fraction of sp³-hybridized carbons (Fsp3) is 0.667. The maximum absolute atomic E-state index is 8.62. The van der Waals surface area contributed by atoms with Gasteiger partial charge in [0.25, 0.3) is 0 Å². The van der Waals surface area contributed by atoms with E-state index >= 15 is 0 Å². The highest BCUT2D eigenvalue weighted by Crippen LogP contribution is 2.09. The highest BCUT2D eigenvalue weighted by molar-refractivity contribution is 9.10. The molecule has 1 rings (SSSR count). The minimum Gasteiger partial charge on any atom is -0.396 e. The van der Waals surface area contributed by atoms with Crippen molar-refractivity contribution in [1.29, 1.82) is 0 Å². The Morgan fingerprint density at radius 3 is 3.00 bits per heavy atom. The fourth-order valence-corrected chi connectivity index (χ4v) is 1.03. The first-order valence-electron chi connectivity index (χ1n) is 3.42. The van der Waals surface area contributed by atoms with Crippen LogP contribution in [0.2, 0.25) is 0 Å². The van der Waals surface area contributed by atoms with Crippen molar-refractivity contribution >= 4 is 15.9 Å². The standard InChI is InChI=1S/C6H10BrN3O/c1-5(2-3-11)10-8-4-6(7)9-10/h4-5,11H,2-3H2,1H3/t5-/m1/s1. The molecular formula is C6H10BrN3O. The lowest BCUT2D eigenvalue weighted by Crippen LogP contribution is -2.10. The van der Waals surface area contributed by atoms with Crippen LogP contribution in [0.3, 0.4) is 0 Å². The Balaban J connectivity index is 2.60. The number of nitrogens with zero attached hydrogens (tertiary/aromatic N) is 3. The second kappa shape index (κ2) is 3.82. The van der Waals surface area contributed by atoms with Crippen molar-refractivity contribution in [2.24, 2.45) is 0 Å². The van der Waals surface area contributed by atoms with E-state index in [1.807, 2.05) is 6.92 Å². The molecule has 1 aromatic rings. The van der Waals surface area contributed by atoms with E-state index in [0.29, 0.717) is 6.42 Å². The van der Waals surface area contributed by atoms with Crippen LogP contribution in [0, 0.1) is 0 Å². The summed E-state index contributed by atoms with van der Waals surface area (Å²) in [6, 6.07) is 0.159. The van der Waals surface area contributed by atoms with E-state index in [2.05, 4.69) is 26.1 Å². The zero-order valence-corrected chi connectivity index (χ0v) is 7.82. The number of halogens is 1. The van der Waals surface area contributed by atoms with E-state index in [-0.39, 0.29) is 12.6 Å². The molecule has 1 heterocycles. The zero-order valence-electron chi connectivity index (χ0n) is 6.24. The third-order valence-corrected chi connectivity index (χ3v) is 1.79. The van der Waals surface area contributed by atoms with Gasteiger partial charge in [-0.05, 0) is 29.3 Å². The van der Waals surface area contributed by atoms with E-state index in [0.717, 1.165) is 4.60 Å². The fourth-order valence-electron chi connectivity index (χ4n) is 0.771. The predicted octanol–water partition coefficient (Wildman–Crippen LogP) is 0.984. The molecule has 1 aromatic heterocycles. The number of rotatable bonds is 3. The SMILES string of the molecule is C[C@H](CCO)n1ncc(Br)n1. The average Bonchev–Trinajstić information content (AvgIpc) is 2.36. The van der Waals surface area contributed by atoms with Crippen LogP contribution in [-0.2, 0) is 0 Å². The Hall–Kier alpha value is -0.420. The summed E-state index contributed by atoms with van der Waals surface area (Å²) in [4.78, 5) is 1.58. The molecule has 0 radical (unpaired) electrons. The molecule has 0 fully saturated rings. The minimum atomic E-state index is 0.159. The van der Waals surface area contributed by atoms with Gasteiger partial charge in [0.05, 0.1) is 12.2 Å². The van der Waals surface area contributed by atoms with Crippen LogP contribution in [0.15, 0.2) is 10.8 Å². The first kappa shape index (κ1) is 8.67. The van der Waals surface area contributed by atoms with Gasteiger partial charge in [0.2, 0.25) is 0 Å². The largest absolute Gasteiger partial charge is 0.396 e. The van der Waals surface area contributed by atoms with Gasteiger partial charge in [-0.2, -0.15) is 9.90 Å². The van der Waals surface area contributed by atoms with Gasteiger partial charge in [-0.15, -0.1) is 5.10 Å². The number of hydrogen-bond acceptors (Lipinski definition) is 3. The monoisotopic (exact) mass is 219 g/mol. The van der Waals surface area contributed by atoms with Crippen molar-refractivity contribution in [3.63, 3.8) is 0 Å². The molecule has 4 nitrogen and oxygen atoms in total. The molecule has 0 spiro atoms. The Bertz CT molecular complexity index is 225. The van der Waals surface area contributed by atoms with Gasteiger partial charge < -0.3 is 5.11 Å². The normalized spacial score (nSPS) is 13.4. The van der Waals surface area contributed by atoms with Gasteiger partial charge in [-0.3, -0.25) is 0 Å². The zero-order chi connectivity index (χ0) is 8.27. The topological polar surface area (TPSA) is 50.9 Å². The van der Waals surface area contributed by atoms with Crippen molar-refractivity contribution in [3.05, 3.63) is 10.8 Å². The van der Waals surface area contributed by atoms with Crippen molar-refractivity contribution < 1.29 is 5.11 Å². The summed E-state index contributed by atoms with van der Waals surface area (Å²) in [5, 5.41) is 16.6. The van der Waals surface area contributed by atoms with Crippen molar-refractivity contribution in [3.8, 4) is 0 Å². The van der Waals surface area contributed by atoms with Gasteiger partial charge in [0, 0.05) is 6.61 Å². The van der Waals surface area contributed by atoms with E-state index in [1.54, 1.807) is 11.0 Å². The maximum Gasteiger partial charge on any atom is 0.148 e. The summed E-state index contributed by atoms with van der Waals surface area (Å²) in [7, 11) is 0. The smallest absolute Gasteiger partial charge is 0.148 e. The molecule has 0 amide bonds. The molecule has 1 N–H and O–H groups in total. The summed E-state index contributed by atoms with van der Waals surface area (Å²) in [6.45, 7) is 2.13. The van der Waals surface area contributed by atoms with E-state index in [1.165, 1.54) is 0 Å².